The van der Waals surface area contributed by atoms with Crippen LogP contribution in [0.25, 0.3) is 11.3 Å². The molecule has 32 heavy (non-hydrogen) atoms. The molecule has 2 heterocycles. The van der Waals surface area contributed by atoms with Gasteiger partial charge in [0.15, 0.2) is 15.0 Å². The summed E-state index contributed by atoms with van der Waals surface area (Å²) in [4.78, 5) is 7.26. The Morgan fingerprint density at radius 3 is 2.38 bits per heavy atom. The maximum atomic E-state index is 13.3. The van der Waals surface area contributed by atoms with Gasteiger partial charge in [0.2, 0.25) is 0 Å². The van der Waals surface area contributed by atoms with Crippen LogP contribution in [0.4, 0.5) is 5.13 Å². The van der Waals surface area contributed by atoms with E-state index in [0.29, 0.717) is 36.7 Å². The number of ether oxygens (including phenoxy) is 1. The van der Waals surface area contributed by atoms with Crippen LogP contribution in [-0.4, -0.2) is 38.9 Å². The summed E-state index contributed by atoms with van der Waals surface area (Å²) in [5, 5.41) is 2.96. The van der Waals surface area contributed by atoms with Gasteiger partial charge >= 0.3 is 0 Å². The van der Waals surface area contributed by atoms with Crippen molar-refractivity contribution in [2.75, 3.05) is 25.1 Å². The Hall–Kier alpha value is -2.09. The first-order valence-electron chi connectivity index (χ1n) is 10.6. The Morgan fingerprint density at radius 1 is 1.09 bits per heavy atom. The van der Waals surface area contributed by atoms with Gasteiger partial charge in [-0.05, 0) is 62.9 Å². The Kier molecular flexibility index (Phi) is 6.52. The van der Waals surface area contributed by atoms with E-state index in [2.05, 4.69) is 43.2 Å². The summed E-state index contributed by atoms with van der Waals surface area (Å²) in [6, 6.07) is 9.10. The van der Waals surface area contributed by atoms with Crippen molar-refractivity contribution in [1.29, 1.82) is 0 Å². The molecular weight excluding hydrogens is 464 g/mol. The highest BCUT2D eigenvalue weighted by Crippen LogP contribution is 2.36. The minimum Gasteiger partial charge on any atom is -0.495 e. The first kappa shape index (κ1) is 23.1. The number of methoxy groups -OCH3 is 1. The summed E-state index contributed by atoms with van der Waals surface area (Å²) < 4.78 is 31.9. The van der Waals surface area contributed by atoms with Gasteiger partial charge in [0.1, 0.15) is 10.6 Å². The third-order valence-corrected chi connectivity index (χ3v) is 9.43. The van der Waals surface area contributed by atoms with Gasteiger partial charge in [-0.2, -0.15) is 0 Å². The highest BCUT2D eigenvalue weighted by atomic mass is 35.5. The number of thiazole rings is 1. The summed E-state index contributed by atoms with van der Waals surface area (Å²) in [7, 11) is -2.06. The number of anilines is 1. The average Bonchev–Trinajstić information content (AvgIpc) is 3.22. The van der Waals surface area contributed by atoms with Crippen LogP contribution in [0.1, 0.15) is 29.5 Å². The summed E-state index contributed by atoms with van der Waals surface area (Å²) in [5.41, 5.74) is 5.86. The molecule has 0 spiro atoms. The van der Waals surface area contributed by atoms with E-state index in [0.717, 1.165) is 10.8 Å². The van der Waals surface area contributed by atoms with E-state index in [-0.39, 0.29) is 4.90 Å². The monoisotopic (exact) mass is 490 g/mol. The number of piperidine rings is 1. The molecule has 1 saturated heterocycles. The smallest absolute Gasteiger partial charge is 0.185 e. The molecule has 170 valence electrons. The van der Waals surface area contributed by atoms with Gasteiger partial charge < -0.3 is 9.64 Å². The van der Waals surface area contributed by atoms with Gasteiger partial charge in [0, 0.05) is 29.1 Å². The highest BCUT2D eigenvalue weighted by molar-refractivity contribution is 7.92. The predicted molar refractivity (Wildman–Crippen MR) is 132 cm³/mol. The number of nitrogens with zero attached hydrogens (tertiary/aromatic N) is 2. The second-order valence-corrected chi connectivity index (χ2v) is 11.8. The molecule has 0 aliphatic carbocycles. The Morgan fingerprint density at radius 2 is 1.75 bits per heavy atom. The second kappa shape index (κ2) is 9.04. The van der Waals surface area contributed by atoms with Crippen molar-refractivity contribution >= 4 is 37.9 Å². The molecular formula is C24H27ClN2O3S2. The van der Waals surface area contributed by atoms with Crippen LogP contribution in [0.3, 0.4) is 0 Å². The number of aromatic nitrogens is 1. The lowest BCUT2D eigenvalue weighted by atomic mass is 9.98. The summed E-state index contributed by atoms with van der Waals surface area (Å²) >= 11 is 7.68. The van der Waals surface area contributed by atoms with Gasteiger partial charge in [-0.15, -0.1) is 11.3 Å². The molecule has 1 aliphatic heterocycles. The molecule has 1 aromatic heterocycles. The molecule has 0 N–H and O–H groups in total. The molecule has 1 aliphatic rings. The molecule has 3 aromatic rings. The van der Waals surface area contributed by atoms with Gasteiger partial charge in [0.25, 0.3) is 0 Å². The molecule has 0 atom stereocenters. The lowest BCUT2D eigenvalue weighted by Gasteiger charge is -2.31. The highest BCUT2D eigenvalue weighted by Gasteiger charge is 2.34. The van der Waals surface area contributed by atoms with Crippen LogP contribution in [0, 0.1) is 20.8 Å². The zero-order chi connectivity index (χ0) is 23.0. The average molecular weight is 491 g/mol. The zero-order valence-corrected chi connectivity index (χ0v) is 21.1. The zero-order valence-electron chi connectivity index (χ0n) is 18.7. The molecule has 0 saturated carbocycles. The maximum absolute atomic E-state index is 13.3. The Bertz CT molecular complexity index is 1220. The summed E-state index contributed by atoms with van der Waals surface area (Å²) in [5.74, 6) is 0.338. The molecule has 4 rings (SSSR count). The second-order valence-electron chi connectivity index (χ2n) is 8.32. The fraction of sp³-hybridized carbons (Fsp3) is 0.375. The van der Waals surface area contributed by atoms with Gasteiger partial charge in [-0.1, -0.05) is 29.3 Å². The van der Waals surface area contributed by atoms with Crippen molar-refractivity contribution in [3.05, 3.63) is 57.4 Å². The third kappa shape index (κ3) is 4.38. The van der Waals surface area contributed by atoms with E-state index < -0.39 is 15.1 Å². The number of halogens is 1. The molecule has 0 amide bonds. The van der Waals surface area contributed by atoms with E-state index in [9.17, 15) is 8.42 Å². The van der Waals surface area contributed by atoms with Gasteiger partial charge in [-0.3, -0.25) is 0 Å². The van der Waals surface area contributed by atoms with Crippen molar-refractivity contribution < 1.29 is 13.2 Å². The van der Waals surface area contributed by atoms with Crippen molar-refractivity contribution in [2.45, 2.75) is 43.8 Å². The van der Waals surface area contributed by atoms with E-state index in [1.54, 1.807) is 23.5 Å². The maximum Gasteiger partial charge on any atom is 0.185 e. The predicted octanol–water partition coefficient (Wildman–Crippen LogP) is 5.84. The molecule has 2 aromatic carbocycles. The fourth-order valence-electron chi connectivity index (χ4n) is 4.52. The van der Waals surface area contributed by atoms with Crippen molar-refractivity contribution in [3.8, 4) is 17.0 Å². The summed E-state index contributed by atoms with van der Waals surface area (Å²) in [6.45, 7) is 7.63. The fourth-order valence-corrected chi connectivity index (χ4v) is 7.54. The standard InChI is InChI=1S/C24H27ClN2O3S2/c1-15-11-16(2)23(17(3)12-15)20-14-31-24(26-20)27-9-7-19(8-10-27)32(28,29)22-13-18(25)5-6-21(22)30-4/h5-6,11-14,19H,7-10H2,1-4H3. The van der Waals surface area contributed by atoms with E-state index in [1.165, 1.54) is 35.4 Å². The molecule has 0 radical (unpaired) electrons. The number of sulfone groups is 1. The molecule has 1 fully saturated rings. The first-order chi connectivity index (χ1) is 15.2. The van der Waals surface area contributed by atoms with Crippen LogP contribution in [-0.2, 0) is 9.84 Å². The largest absolute Gasteiger partial charge is 0.495 e. The summed E-state index contributed by atoms with van der Waals surface area (Å²) in [6.07, 6.45) is 1.07. The normalized spacial score (nSPS) is 15.2. The van der Waals surface area contributed by atoms with Gasteiger partial charge in [-0.25, -0.2) is 13.4 Å². The lowest BCUT2D eigenvalue weighted by Crippen LogP contribution is -2.39. The number of hydrogen-bond donors (Lipinski definition) is 0. The van der Waals surface area contributed by atoms with E-state index in [4.69, 9.17) is 21.3 Å². The minimum atomic E-state index is -3.54. The number of rotatable bonds is 5. The van der Waals surface area contributed by atoms with Crippen LogP contribution in [0.5, 0.6) is 5.75 Å². The van der Waals surface area contributed by atoms with Crippen LogP contribution >= 0.6 is 22.9 Å². The van der Waals surface area contributed by atoms with E-state index in [1.807, 2.05) is 0 Å². The van der Waals surface area contributed by atoms with Crippen molar-refractivity contribution in [3.63, 3.8) is 0 Å². The third-order valence-electron chi connectivity index (χ3n) is 6.01. The van der Waals surface area contributed by atoms with Crippen LogP contribution in [0.15, 0.2) is 40.6 Å². The molecule has 0 bridgehead atoms. The number of hydrogen-bond acceptors (Lipinski definition) is 6. The van der Waals surface area contributed by atoms with Crippen molar-refractivity contribution in [1.82, 2.24) is 4.98 Å². The van der Waals surface area contributed by atoms with Gasteiger partial charge in [0.05, 0.1) is 18.1 Å². The lowest BCUT2D eigenvalue weighted by molar-refractivity contribution is 0.402. The SMILES string of the molecule is COc1ccc(Cl)cc1S(=O)(=O)C1CCN(c2nc(-c3c(C)cc(C)cc3C)cs2)CC1. The minimum absolute atomic E-state index is 0.174. The number of aryl methyl sites for hydroxylation is 3. The number of benzene rings is 2. The molecule has 8 heteroatoms. The molecule has 5 nitrogen and oxygen atoms in total. The van der Waals surface area contributed by atoms with Crippen molar-refractivity contribution in [2.24, 2.45) is 0 Å². The molecule has 0 unspecified atom stereocenters. The van der Waals surface area contributed by atoms with Crippen LogP contribution < -0.4 is 9.64 Å². The Labute approximate surface area is 198 Å². The first-order valence-corrected chi connectivity index (χ1v) is 13.4. The Balaban J connectivity index is 1.51. The topological polar surface area (TPSA) is 59.5 Å². The quantitative estimate of drug-likeness (QED) is 0.449. The van der Waals surface area contributed by atoms with Crippen LogP contribution in [0.2, 0.25) is 5.02 Å². The van der Waals surface area contributed by atoms with E-state index >= 15 is 0 Å².